The smallest absolute Gasteiger partial charge is 0.407 e. The van der Waals surface area contributed by atoms with Gasteiger partial charge in [-0.1, -0.05) is 0 Å². The molecule has 2 aromatic rings. The van der Waals surface area contributed by atoms with Gasteiger partial charge in [0.2, 0.25) is 0 Å². The van der Waals surface area contributed by atoms with Crippen molar-refractivity contribution in [3.05, 3.63) is 39.6 Å². The molecule has 0 spiro atoms. The number of nitrogens with zero attached hydrogens (tertiary/aromatic N) is 1. The second kappa shape index (κ2) is 8.73. The second-order valence-corrected chi connectivity index (χ2v) is 7.22. The first kappa shape index (κ1) is 21.2. The Morgan fingerprint density at radius 2 is 2.00 bits per heavy atom. The number of aryl methyl sites for hydroxylation is 1. The number of non-ortho nitro benzene ring substituents is 1. The fraction of sp³-hybridized carbons (Fsp3) is 0.474. The number of esters is 1. The summed E-state index contributed by atoms with van der Waals surface area (Å²) >= 11 is 0. The van der Waals surface area contributed by atoms with E-state index >= 15 is 0 Å². The fourth-order valence-electron chi connectivity index (χ4n) is 2.76. The van der Waals surface area contributed by atoms with Gasteiger partial charge >= 0.3 is 12.1 Å². The summed E-state index contributed by atoms with van der Waals surface area (Å²) < 4.78 is 10.3. The summed E-state index contributed by atoms with van der Waals surface area (Å²) in [5.74, 6) is -0.517. The standard InChI is InChI=1S/C19H25N3O6/c1-5-27-17(23)16-13(7-6-10-20-18(24)28-19(2,3)4)14-11-12(22(25)26)8-9-15(14)21-16/h8-9,11,21H,5-7,10H2,1-4H3,(H,20,24). The third-order valence-electron chi connectivity index (χ3n) is 3.85. The molecule has 0 unspecified atom stereocenters. The van der Waals surface area contributed by atoms with Gasteiger partial charge in [0, 0.05) is 29.6 Å². The number of nitrogens with one attached hydrogen (secondary N) is 2. The number of nitro groups is 1. The largest absolute Gasteiger partial charge is 0.461 e. The van der Waals surface area contributed by atoms with E-state index in [1.54, 1.807) is 33.8 Å². The van der Waals surface area contributed by atoms with Crippen LogP contribution in [0.5, 0.6) is 0 Å². The van der Waals surface area contributed by atoms with Crippen molar-refractivity contribution in [1.82, 2.24) is 10.3 Å². The number of fused-ring (bicyclic) bond motifs is 1. The molecule has 152 valence electrons. The van der Waals surface area contributed by atoms with Crippen molar-refractivity contribution in [3.63, 3.8) is 0 Å². The van der Waals surface area contributed by atoms with Gasteiger partial charge in [0.15, 0.2) is 0 Å². The van der Waals surface area contributed by atoms with Crippen LogP contribution in [0.1, 0.15) is 50.2 Å². The maximum atomic E-state index is 12.3. The molecule has 0 aliphatic heterocycles. The monoisotopic (exact) mass is 391 g/mol. The molecular formula is C19H25N3O6. The van der Waals surface area contributed by atoms with E-state index in [2.05, 4.69) is 10.3 Å². The average molecular weight is 391 g/mol. The van der Waals surface area contributed by atoms with Crippen LogP contribution in [0.3, 0.4) is 0 Å². The molecule has 0 saturated carbocycles. The Labute approximate surface area is 162 Å². The first-order chi connectivity index (χ1) is 13.1. The highest BCUT2D eigenvalue weighted by Gasteiger charge is 2.21. The van der Waals surface area contributed by atoms with Crippen LogP contribution in [0.15, 0.2) is 18.2 Å². The lowest BCUT2D eigenvalue weighted by Crippen LogP contribution is -2.33. The van der Waals surface area contributed by atoms with E-state index in [9.17, 15) is 19.7 Å². The molecule has 0 bridgehead atoms. The average Bonchev–Trinajstić information content (AvgIpc) is 2.95. The topological polar surface area (TPSA) is 124 Å². The predicted molar refractivity (Wildman–Crippen MR) is 103 cm³/mol. The third kappa shape index (κ3) is 5.45. The van der Waals surface area contributed by atoms with E-state index in [1.165, 1.54) is 12.1 Å². The number of aromatic nitrogens is 1. The fourth-order valence-corrected chi connectivity index (χ4v) is 2.76. The second-order valence-electron chi connectivity index (χ2n) is 7.22. The van der Waals surface area contributed by atoms with Crippen molar-refractivity contribution in [1.29, 1.82) is 0 Å². The Kier molecular flexibility index (Phi) is 6.61. The molecule has 0 aliphatic carbocycles. The van der Waals surface area contributed by atoms with Crippen LogP contribution in [-0.4, -0.2) is 40.7 Å². The lowest BCUT2D eigenvalue weighted by atomic mass is 10.0. The summed E-state index contributed by atoms with van der Waals surface area (Å²) in [6.45, 7) is 7.58. The van der Waals surface area contributed by atoms with E-state index in [-0.39, 0.29) is 18.0 Å². The number of hydrogen-bond acceptors (Lipinski definition) is 6. The zero-order valence-electron chi connectivity index (χ0n) is 16.5. The van der Waals surface area contributed by atoms with E-state index in [1.807, 2.05) is 0 Å². The van der Waals surface area contributed by atoms with Crippen LogP contribution in [0.2, 0.25) is 0 Å². The van der Waals surface area contributed by atoms with Crippen LogP contribution in [0.25, 0.3) is 10.9 Å². The van der Waals surface area contributed by atoms with Crippen molar-refractivity contribution in [2.75, 3.05) is 13.2 Å². The number of ether oxygens (including phenoxy) is 2. The maximum absolute atomic E-state index is 12.3. The highest BCUT2D eigenvalue weighted by Crippen LogP contribution is 2.28. The highest BCUT2D eigenvalue weighted by molar-refractivity contribution is 5.99. The molecule has 9 nitrogen and oxygen atoms in total. The molecule has 2 N–H and O–H groups in total. The van der Waals surface area contributed by atoms with E-state index in [0.29, 0.717) is 35.9 Å². The first-order valence-electron chi connectivity index (χ1n) is 9.05. The Morgan fingerprint density at radius 1 is 1.29 bits per heavy atom. The molecule has 1 heterocycles. The number of aromatic amines is 1. The Balaban J connectivity index is 2.19. The lowest BCUT2D eigenvalue weighted by Gasteiger charge is -2.19. The van der Waals surface area contributed by atoms with Gasteiger partial charge in [0.05, 0.1) is 11.5 Å². The normalized spacial score (nSPS) is 11.3. The zero-order valence-corrected chi connectivity index (χ0v) is 16.5. The van der Waals surface area contributed by atoms with Gasteiger partial charge in [-0.25, -0.2) is 9.59 Å². The summed E-state index contributed by atoms with van der Waals surface area (Å²) in [6.07, 6.45) is 0.416. The highest BCUT2D eigenvalue weighted by atomic mass is 16.6. The molecule has 2 rings (SSSR count). The number of amides is 1. The number of H-pyrrole nitrogens is 1. The van der Waals surface area contributed by atoms with E-state index < -0.39 is 22.6 Å². The minimum atomic E-state index is -0.586. The van der Waals surface area contributed by atoms with Crippen molar-refractivity contribution in [2.24, 2.45) is 0 Å². The summed E-state index contributed by atoms with van der Waals surface area (Å²) in [4.78, 5) is 37.6. The number of nitro benzene ring substituents is 1. The van der Waals surface area contributed by atoms with E-state index in [4.69, 9.17) is 9.47 Å². The number of hydrogen-bond donors (Lipinski definition) is 2. The van der Waals surface area contributed by atoms with Crippen LogP contribution < -0.4 is 5.32 Å². The van der Waals surface area contributed by atoms with Gasteiger partial charge in [-0.05, 0) is 52.2 Å². The molecule has 0 fully saturated rings. The maximum Gasteiger partial charge on any atom is 0.407 e. The van der Waals surface area contributed by atoms with Crippen LogP contribution >= 0.6 is 0 Å². The number of carbonyl (C=O) groups is 2. The van der Waals surface area contributed by atoms with Crippen LogP contribution in [0.4, 0.5) is 10.5 Å². The number of alkyl carbamates (subject to hydrolysis) is 1. The molecule has 28 heavy (non-hydrogen) atoms. The molecule has 0 saturated heterocycles. The van der Waals surface area contributed by atoms with Gasteiger partial charge in [0.1, 0.15) is 11.3 Å². The predicted octanol–water partition coefficient (Wildman–Crippen LogP) is 3.71. The Hall–Kier alpha value is -3.10. The van der Waals surface area contributed by atoms with Crippen molar-refractivity contribution in [3.8, 4) is 0 Å². The summed E-state index contributed by atoms with van der Waals surface area (Å²) in [6, 6.07) is 4.38. The van der Waals surface area contributed by atoms with Gasteiger partial charge in [-0.15, -0.1) is 0 Å². The lowest BCUT2D eigenvalue weighted by molar-refractivity contribution is -0.384. The molecule has 0 aliphatic rings. The molecule has 1 aromatic carbocycles. The molecule has 0 atom stereocenters. The molecule has 9 heteroatoms. The quantitative estimate of drug-likeness (QED) is 0.321. The Bertz CT molecular complexity index is 882. The van der Waals surface area contributed by atoms with E-state index in [0.717, 1.165) is 0 Å². The van der Waals surface area contributed by atoms with Crippen molar-refractivity contribution in [2.45, 2.75) is 46.1 Å². The summed E-state index contributed by atoms with van der Waals surface area (Å²) in [5.41, 5.74) is 0.869. The SMILES string of the molecule is CCOC(=O)c1[nH]c2ccc([N+](=O)[O-])cc2c1CCCNC(=O)OC(C)(C)C. The summed E-state index contributed by atoms with van der Waals surface area (Å²) in [7, 11) is 0. The van der Waals surface area contributed by atoms with Gasteiger partial charge in [-0.2, -0.15) is 0 Å². The Morgan fingerprint density at radius 3 is 2.61 bits per heavy atom. The van der Waals surface area contributed by atoms with Gasteiger partial charge in [-0.3, -0.25) is 10.1 Å². The molecule has 0 radical (unpaired) electrons. The van der Waals surface area contributed by atoms with Crippen LogP contribution in [-0.2, 0) is 15.9 Å². The van der Waals surface area contributed by atoms with Gasteiger partial charge in [0.25, 0.3) is 5.69 Å². The van der Waals surface area contributed by atoms with Crippen molar-refractivity contribution < 1.29 is 24.0 Å². The number of rotatable bonds is 7. The zero-order chi connectivity index (χ0) is 20.9. The molecular weight excluding hydrogens is 366 g/mol. The molecule has 1 aromatic heterocycles. The minimum absolute atomic E-state index is 0.0601. The van der Waals surface area contributed by atoms with Crippen LogP contribution in [0, 0.1) is 10.1 Å². The third-order valence-corrected chi connectivity index (χ3v) is 3.85. The summed E-state index contributed by atoms with van der Waals surface area (Å²) in [5, 5.41) is 14.3. The first-order valence-corrected chi connectivity index (χ1v) is 9.05. The van der Waals surface area contributed by atoms with Gasteiger partial charge < -0.3 is 19.8 Å². The molecule has 1 amide bonds. The minimum Gasteiger partial charge on any atom is -0.461 e. The number of benzene rings is 1. The number of carbonyl (C=O) groups excluding carboxylic acids is 2. The van der Waals surface area contributed by atoms with Crippen molar-refractivity contribution >= 4 is 28.7 Å².